The number of hydrogen-bond donors (Lipinski definition) is 1. The highest BCUT2D eigenvalue weighted by molar-refractivity contribution is 5.76. The van der Waals surface area contributed by atoms with Crippen LogP contribution in [0.1, 0.15) is 30.9 Å². The number of rotatable bonds is 4. The van der Waals surface area contributed by atoms with Gasteiger partial charge in [-0.25, -0.2) is 4.79 Å². The van der Waals surface area contributed by atoms with Gasteiger partial charge < -0.3 is 9.84 Å². The van der Waals surface area contributed by atoms with Crippen molar-refractivity contribution >= 4 is 5.97 Å². The summed E-state index contributed by atoms with van der Waals surface area (Å²) in [5.74, 6) is 0.206. The first-order chi connectivity index (χ1) is 12.1. The molecule has 1 aromatic heterocycles. The average molecular weight is 341 g/mol. The lowest BCUT2D eigenvalue weighted by molar-refractivity contribution is -0.151. The highest BCUT2D eigenvalue weighted by Gasteiger charge is 2.43. The average Bonchev–Trinajstić information content (AvgIpc) is 3.24. The number of ether oxygens (including phenoxy) is 1. The Morgan fingerprint density at radius 2 is 2.20 bits per heavy atom. The van der Waals surface area contributed by atoms with E-state index in [4.69, 9.17) is 4.74 Å². The van der Waals surface area contributed by atoms with E-state index in [-0.39, 0.29) is 6.10 Å². The summed E-state index contributed by atoms with van der Waals surface area (Å²) in [5.41, 5.74) is 1.62. The molecule has 132 valence electrons. The zero-order chi connectivity index (χ0) is 17.4. The quantitative estimate of drug-likeness (QED) is 0.924. The van der Waals surface area contributed by atoms with Crippen molar-refractivity contribution in [2.24, 2.45) is 0 Å². The largest absolute Gasteiger partial charge is 0.490 e. The smallest absolute Gasteiger partial charge is 0.331 e. The SMILES string of the molecule is CC1Cc2cc(CN3CCC(C(=O)O)(n4cccn4)CC3)ccc2O1. The fourth-order valence-electron chi connectivity index (χ4n) is 3.98. The Hall–Kier alpha value is -2.34. The third kappa shape index (κ3) is 2.91. The molecule has 1 unspecified atom stereocenters. The lowest BCUT2D eigenvalue weighted by Crippen LogP contribution is -2.51. The van der Waals surface area contributed by atoms with Gasteiger partial charge in [-0.05, 0) is 43.0 Å². The number of fused-ring (bicyclic) bond motifs is 1. The van der Waals surface area contributed by atoms with Crippen LogP contribution in [0.3, 0.4) is 0 Å². The van der Waals surface area contributed by atoms with Crippen LogP contribution in [0.15, 0.2) is 36.7 Å². The van der Waals surface area contributed by atoms with E-state index in [0.717, 1.165) is 31.8 Å². The molecular formula is C19H23N3O3. The van der Waals surface area contributed by atoms with E-state index in [1.165, 1.54) is 11.1 Å². The maximum atomic E-state index is 11.9. The molecule has 1 aromatic carbocycles. The Bertz CT molecular complexity index is 764. The summed E-state index contributed by atoms with van der Waals surface area (Å²) in [5, 5.41) is 14.0. The summed E-state index contributed by atoms with van der Waals surface area (Å²) < 4.78 is 7.37. The van der Waals surface area contributed by atoms with E-state index in [0.29, 0.717) is 12.8 Å². The molecule has 0 amide bonds. The van der Waals surface area contributed by atoms with Crippen molar-refractivity contribution in [2.75, 3.05) is 13.1 Å². The molecule has 1 N–H and O–H groups in total. The van der Waals surface area contributed by atoms with Gasteiger partial charge in [0.05, 0.1) is 0 Å². The molecule has 0 aliphatic carbocycles. The summed E-state index contributed by atoms with van der Waals surface area (Å²) in [4.78, 5) is 14.2. The first-order valence-corrected chi connectivity index (χ1v) is 8.81. The van der Waals surface area contributed by atoms with Gasteiger partial charge in [-0.2, -0.15) is 5.10 Å². The van der Waals surface area contributed by atoms with Crippen LogP contribution in [0.2, 0.25) is 0 Å². The van der Waals surface area contributed by atoms with Gasteiger partial charge in [-0.1, -0.05) is 12.1 Å². The molecule has 1 fully saturated rings. The van der Waals surface area contributed by atoms with Crippen LogP contribution in [0.4, 0.5) is 0 Å². The predicted octanol–water partition coefficient (Wildman–Crippen LogP) is 2.28. The molecule has 0 bridgehead atoms. The number of aliphatic carboxylic acids is 1. The summed E-state index contributed by atoms with van der Waals surface area (Å²) >= 11 is 0. The van der Waals surface area contributed by atoms with E-state index < -0.39 is 11.5 Å². The number of carboxylic acids is 1. The van der Waals surface area contributed by atoms with E-state index in [9.17, 15) is 9.90 Å². The highest BCUT2D eigenvalue weighted by Crippen LogP contribution is 2.32. The van der Waals surface area contributed by atoms with E-state index in [1.54, 1.807) is 23.1 Å². The molecule has 0 saturated carbocycles. The van der Waals surface area contributed by atoms with E-state index in [2.05, 4.69) is 35.1 Å². The number of carboxylic acid groups (broad SMARTS) is 1. The fourth-order valence-corrected chi connectivity index (χ4v) is 3.98. The monoisotopic (exact) mass is 341 g/mol. The van der Waals surface area contributed by atoms with Crippen LogP contribution in [0, 0.1) is 0 Å². The lowest BCUT2D eigenvalue weighted by atomic mass is 9.87. The first-order valence-electron chi connectivity index (χ1n) is 8.81. The molecular weight excluding hydrogens is 318 g/mol. The van der Waals surface area contributed by atoms with Crippen molar-refractivity contribution in [3.8, 4) is 5.75 Å². The number of aromatic nitrogens is 2. The second-order valence-corrected chi connectivity index (χ2v) is 7.14. The van der Waals surface area contributed by atoms with E-state index in [1.807, 2.05) is 0 Å². The predicted molar refractivity (Wildman–Crippen MR) is 92.6 cm³/mol. The molecule has 2 aromatic rings. The summed E-state index contributed by atoms with van der Waals surface area (Å²) in [6.07, 6.45) is 5.75. The zero-order valence-electron chi connectivity index (χ0n) is 14.4. The molecule has 1 saturated heterocycles. The second kappa shape index (κ2) is 6.19. The molecule has 4 rings (SSSR count). The number of hydrogen-bond acceptors (Lipinski definition) is 4. The Morgan fingerprint density at radius 1 is 1.40 bits per heavy atom. The Labute approximate surface area is 147 Å². The molecule has 2 aliphatic rings. The normalized spacial score (nSPS) is 22.4. The van der Waals surface area contributed by atoms with Crippen LogP contribution in [0.5, 0.6) is 5.75 Å². The van der Waals surface area contributed by atoms with Crippen LogP contribution >= 0.6 is 0 Å². The van der Waals surface area contributed by atoms with Crippen LogP contribution in [0.25, 0.3) is 0 Å². The van der Waals surface area contributed by atoms with Crippen molar-refractivity contribution < 1.29 is 14.6 Å². The molecule has 0 spiro atoms. The van der Waals surface area contributed by atoms with Gasteiger partial charge in [0.15, 0.2) is 5.54 Å². The minimum Gasteiger partial charge on any atom is -0.490 e. The van der Waals surface area contributed by atoms with Crippen molar-refractivity contribution in [1.82, 2.24) is 14.7 Å². The minimum atomic E-state index is -0.915. The third-order valence-corrected chi connectivity index (χ3v) is 5.39. The number of benzene rings is 1. The standard InChI is InChI=1S/C19H23N3O3/c1-14-11-16-12-15(3-4-17(16)25-14)13-21-9-5-19(6-10-21,18(23)24)22-8-2-7-20-22/h2-4,7-8,12,14H,5-6,9-11,13H2,1H3,(H,23,24). The first kappa shape index (κ1) is 16.1. The van der Waals surface area contributed by atoms with Crippen molar-refractivity contribution in [3.05, 3.63) is 47.8 Å². The number of carbonyl (C=O) groups is 1. The van der Waals surface area contributed by atoms with Gasteiger partial charge in [-0.15, -0.1) is 0 Å². The molecule has 25 heavy (non-hydrogen) atoms. The third-order valence-electron chi connectivity index (χ3n) is 5.39. The molecule has 2 aliphatic heterocycles. The maximum Gasteiger partial charge on any atom is 0.331 e. The van der Waals surface area contributed by atoms with Gasteiger partial charge in [0.2, 0.25) is 0 Å². The van der Waals surface area contributed by atoms with Gasteiger partial charge in [0.25, 0.3) is 0 Å². The summed E-state index contributed by atoms with van der Waals surface area (Å²) in [6, 6.07) is 8.18. The molecule has 1 atom stereocenters. The number of likely N-dealkylation sites (tertiary alicyclic amines) is 1. The maximum absolute atomic E-state index is 11.9. The number of nitrogens with zero attached hydrogens (tertiary/aromatic N) is 3. The van der Waals surface area contributed by atoms with Gasteiger partial charge >= 0.3 is 5.97 Å². The van der Waals surface area contributed by atoms with Crippen LogP contribution < -0.4 is 4.74 Å². The Kier molecular flexibility index (Phi) is 4.00. The van der Waals surface area contributed by atoms with Gasteiger partial charge in [0, 0.05) is 38.4 Å². The Balaban J connectivity index is 1.44. The fraction of sp³-hybridized carbons (Fsp3) is 0.474. The van der Waals surface area contributed by atoms with Crippen molar-refractivity contribution in [2.45, 2.75) is 44.4 Å². The van der Waals surface area contributed by atoms with E-state index >= 15 is 0 Å². The second-order valence-electron chi connectivity index (χ2n) is 7.14. The van der Waals surface area contributed by atoms with Gasteiger partial charge in [-0.3, -0.25) is 9.58 Å². The number of piperidine rings is 1. The minimum absolute atomic E-state index is 0.255. The topological polar surface area (TPSA) is 67.6 Å². The lowest BCUT2D eigenvalue weighted by Gasteiger charge is -2.39. The Morgan fingerprint density at radius 3 is 2.88 bits per heavy atom. The summed E-state index contributed by atoms with van der Waals surface area (Å²) in [6.45, 7) is 4.42. The van der Waals surface area contributed by atoms with Crippen LogP contribution in [-0.4, -0.2) is 44.9 Å². The van der Waals surface area contributed by atoms with Crippen LogP contribution in [-0.2, 0) is 23.3 Å². The molecule has 0 radical (unpaired) electrons. The zero-order valence-corrected chi connectivity index (χ0v) is 14.4. The molecule has 3 heterocycles. The highest BCUT2D eigenvalue weighted by atomic mass is 16.5. The molecule has 6 heteroatoms. The van der Waals surface area contributed by atoms with Gasteiger partial charge in [0.1, 0.15) is 11.9 Å². The van der Waals surface area contributed by atoms with Crippen molar-refractivity contribution in [3.63, 3.8) is 0 Å². The van der Waals surface area contributed by atoms with Crippen molar-refractivity contribution in [1.29, 1.82) is 0 Å². The molecule has 6 nitrogen and oxygen atoms in total. The summed E-state index contributed by atoms with van der Waals surface area (Å²) in [7, 11) is 0.